The summed E-state index contributed by atoms with van der Waals surface area (Å²) in [6, 6.07) is 16.6. The maximum atomic E-state index is 12.6. The van der Waals surface area contributed by atoms with E-state index >= 15 is 0 Å². The number of benzene rings is 2. The summed E-state index contributed by atoms with van der Waals surface area (Å²) >= 11 is 0. The molecule has 0 aliphatic heterocycles. The number of likely N-dealkylation sites (N-methyl/N-ethyl adjacent to an activating group) is 1. The van der Waals surface area contributed by atoms with Crippen LogP contribution in [-0.2, 0) is 38.0 Å². The van der Waals surface area contributed by atoms with Gasteiger partial charge in [0.15, 0.2) is 0 Å². The lowest BCUT2D eigenvalue weighted by molar-refractivity contribution is -0.145. The van der Waals surface area contributed by atoms with E-state index in [1.807, 2.05) is 24.3 Å². The summed E-state index contributed by atoms with van der Waals surface area (Å²) in [7, 11) is 1.71. The van der Waals surface area contributed by atoms with Crippen molar-refractivity contribution in [1.82, 2.24) is 4.90 Å². The fraction of sp³-hybridized carbons (Fsp3) is 0.632. The Hall–Kier alpha value is -3.02. The molecular formula is C38H57NO9. The molecule has 48 heavy (non-hydrogen) atoms. The Morgan fingerprint density at radius 3 is 1.58 bits per heavy atom. The maximum Gasteiger partial charge on any atom is 0.409 e. The number of amides is 1. The Labute approximate surface area is 287 Å². The molecule has 10 nitrogen and oxygen atoms in total. The Kier molecular flexibility index (Phi) is 20.5. The van der Waals surface area contributed by atoms with E-state index in [1.165, 1.54) is 59.3 Å². The maximum absolute atomic E-state index is 12.6. The van der Waals surface area contributed by atoms with Gasteiger partial charge in [-0.2, -0.15) is 0 Å². The molecule has 0 radical (unpaired) electrons. The number of fused-ring (bicyclic) bond motifs is 3. The SMILES string of the molecule is CCCCCCCCCC(=O)OCCOCCOCCOCCOCCOCCN(C)C(=O)OCC1c2ccccc2-c2ccccc21. The first kappa shape index (κ1) is 39.4. The summed E-state index contributed by atoms with van der Waals surface area (Å²) in [6.45, 7) is 7.64. The summed E-state index contributed by atoms with van der Waals surface area (Å²) in [5, 5.41) is 0. The van der Waals surface area contributed by atoms with Crippen molar-refractivity contribution in [3.8, 4) is 11.1 Å². The molecule has 2 aromatic carbocycles. The van der Waals surface area contributed by atoms with Crippen molar-refractivity contribution in [2.24, 2.45) is 0 Å². The number of hydrogen-bond acceptors (Lipinski definition) is 9. The van der Waals surface area contributed by atoms with Crippen LogP contribution in [0, 0.1) is 0 Å². The van der Waals surface area contributed by atoms with Crippen LogP contribution in [0.15, 0.2) is 48.5 Å². The number of ether oxygens (including phenoxy) is 7. The topological polar surface area (TPSA) is 102 Å². The zero-order chi connectivity index (χ0) is 34.1. The Morgan fingerprint density at radius 1 is 0.583 bits per heavy atom. The highest BCUT2D eigenvalue weighted by molar-refractivity contribution is 5.79. The minimum atomic E-state index is -0.364. The number of unbranched alkanes of at least 4 members (excludes halogenated alkanes) is 6. The molecule has 1 amide bonds. The van der Waals surface area contributed by atoms with E-state index in [1.54, 1.807) is 7.05 Å². The van der Waals surface area contributed by atoms with Crippen molar-refractivity contribution in [2.75, 3.05) is 92.9 Å². The van der Waals surface area contributed by atoms with Gasteiger partial charge in [0, 0.05) is 25.9 Å². The third-order valence-corrected chi connectivity index (χ3v) is 8.18. The molecule has 0 atom stereocenters. The third kappa shape index (κ3) is 15.5. The molecule has 0 saturated carbocycles. The fourth-order valence-corrected chi connectivity index (χ4v) is 5.49. The van der Waals surface area contributed by atoms with Crippen LogP contribution in [0.1, 0.15) is 75.3 Å². The van der Waals surface area contributed by atoms with Crippen molar-refractivity contribution < 1.29 is 42.7 Å². The predicted molar refractivity (Wildman–Crippen MR) is 185 cm³/mol. The molecule has 0 N–H and O–H groups in total. The van der Waals surface area contributed by atoms with Gasteiger partial charge in [0.2, 0.25) is 0 Å². The molecule has 2 aromatic rings. The largest absolute Gasteiger partial charge is 0.463 e. The molecule has 1 aliphatic carbocycles. The van der Waals surface area contributed by atoms with Crippen LogP contribution in [0.3, 0.4) is 0 Å². The van der Waals surface area contributed by atoms with E-state index in [0.29, 0.717) is 85.6 Å². The third-order valence-electron chi connectivity index (χ3n) is 8.18. The van der Waals surface area contributed by atoms with Crippen LogP contribution in [0.2, 0.25) is 0 Å². The lowest BCUT2D eigenvalue weighted by Gasteiger charge is -2.19. The van der Waals surface area contributed by atoms with E-state index in [0.717, 1.165) is 12.8 Å². The van der Waals surface area contributed by atoms with Crippen LogP contribution in [0.25, 0.3) is 11.1 Å². The second kappa shape index (κ2) is 25.0. The first-order valence-electron chi connectivity index (χ1n) is 17.7. The molecule has 0 fully saturated rings. The number of carbonyl (C=O) groups is 2. The molecule has 10 heteroatoms. The van der Waals surface area contributed by atoms with Crippen molar-refractivity contribution in [3.05, 3.63) is 59.7 Å². The normalized spacial score (nSPS) is 12.1. The van der Waals surface area contributed by atoms with Crippen molar-refractivity contribution >= 4 is 12.1 Å². The van der Waals surface area contributed by atoms with Gasteiger partial charge < -0.3 is 38.1 Å². The van der Waals surface area contributed by atoms with E-state index < -0.39 is 0 Å². The Bertz CT molecular complexity index is 1110. The van der Waals surface area contributed by atoms with Gasteiger partial charge in [-0.3, -0.25) is 4.79 Å². The summed E-state index contributed by atoms with van der Waals surface area (Å²) in [5.74, 6) is -0.105. The molecule has 0 spiro atoms. The summed E-state index contributed by atoms with van der Waals surface area (Å²) in [4.78, 5) is 25.9. The van der Waals surface area contributed by atoms with Crippen molar-refractivity contribution in [3.63, 3.8) is 0 Å². The highest BCUT2D eigenvalue weighted by Gasteiger charge is 2.29. The number of carbonyl (C=O) groups excluding carboxylic acids is 2. The smallest absolute Gasteiger partial charge is 0.409 e. The van der Waals surface area contributed by atoms with E-state index in [9.17, 15) is 9.59 Å². The van der Waals surface area contributed by atoms with Crippen LogP contribution in [-0.4, -0.2) is 110 Å². The van der Waals surface area contributed by atoms with Gasteiger partial charge >= 0.3 is 12.1 Å². The average Bonchev–Trinajstić information content (AvgIpc) is 3.43. The minimum Gasteiger partial charge on any atom is -0.463 e. The molecule has 0 aromatic heterocycles. The monoisotopic (exact) mass is 671 g/mol. The summed E-state index contributed by atoms with van der Waals surface area (Å²) in [6.07, 6.45) is 8.40. The molecule has 0 bridgehead atoms. The molecule has 3 rings (SSSR count). The molecule has 0 heterocycles. The number of hydrogen-bond donors (Lipinski definition) is 0. The number of esters is 1. The van der Waals surface area contributed by atoms with E-state index in [2.05, 4.69) is 31.2 Å². The van der Waals surface area contributed by atoms with Gasteiger partial charge in [-0.15, -0.1) is 0 Å². The van der Waals surface area contributed by atoms with Crippen LogP contribution >= 0.6 is 0 Å². The second-order valence-electron chi connectivity index (χ2n) is 11.9. The van der Waals surface area contributed by atoms with Gasteiger partial charge in [-0.05, 0) is 28.7 Å². The molecule has 268 valence electrons. The highest BCUT2D eigenvalue weighted by Crippen LogP contribution is 2.44. The summed E-state index contributed by atoms with van der Waals surface area (Å²) < 4.78 is 38.4. The van der Waals surface area contributed by atoms with Crippen LogP contribution in [0.4, 0.5) is 4.79 Å². The Morgan fingerprint density at radius 2 is 1.04 bits per heavy atom. The van der Waals surface area contributed by atoms with Gasteiger partial charge in [0.1, 0.15) is 13.2 Å². The fourth-order valence-electron chi connectivity index (χ4n) is 5.49. The van der Waals surface area contributed by atoms with Crippen molar-refractivity contribution in [2.45, 2.75) is 64.2 Å². The zero-order valence-electron chi connectivity index (χ0n) is 29.2. The molecule has 1 aliphatic rings. The Balaban J connectivity index is 1.04. The van der Waals surface area contributed by atoms with E-state index in [-0.39, 0.29) is 24.6 Å². The lowest BCUT2D eigenvalue weighted by Crippen LogP contribution is -2.32. The average molecular weight is 672 g/mol. The molecule has 0 unspecified atom stereocenters. The van der Waals surface area contributed by atoms with Crippen LogP contribution < -0.4 is 0 Å². The summed E-state index contributed by atoms with van der Waals surface area (Å²) in [5.41, 5.74) is 4.80. The predicted octanol–water partition coefficient (Wildman–Crippen LogP) is 6.63. The zero-order valence-corrected chi connectivity index (χ0v) is 29.2. The van der Waals surface area contributed by atoms with Gasteiger partial charge in [-0.1, -0.05) is 94.0 Å². The van der Waals surface area contributed by atoms with Gasteiger partial charge in [-0.25, -0.2) is 4.79 Å². The highest BCUT2D eigenvalue weighted by atomic mass is 16.6. The van der Waals surface area contributed by atoms with Crippen LogP contribution in [0.5, 0.6) is 0 Å². The molecular weight excluding hydrogens is 614 g/mol. The molecule has 0 saturated heterocycles. The minimum absolute atomic E-state index is 0.0406. The first-order chi connectivity index (χ1) is 23.6. The second-order valence-corrected chi connectivity index (χ2v) is 11.9. The quantitative estimate of drug-likeness (QED) is 0.0728. The lowest BCUT2D eigenvalue weighted by atomic mass is 9.98. The standard InChI is InChI=1S/C38H57NO9/c1-3-4-5-6-7-8-9-18-37(40)47-30-29-46-28-27-45-26-25-44-24-23-43-22-21-42-20-19-39(2)38(41)48-31-36-34-16-12-10-14-32(34)33-15-11-13-17-35(33)36/h10-17,36H,3-9,18-31H2,1-2H3. The van der Waals surface area contributed by atoms with Crippen molar-refractivity contribution in [1.29, 1.82) is 0 Å². The van der Waals surface area contributed by atoms with Gasteiger partial charge in [0.05, 0.1) is 66.1 Å². The number of rotatable bonds is 28. The van der Waals surface area contributed by atoms with E-state index in [4.69, 9.17) is 33.2 Å². The first-order valence-corrected chi connectivity index (χ1v) is 17.7. The number of nitrogens with zero attached hydrogens (tertiary/aromatic N) is 1. The van der Waals surface area contributed by atoms with Gasteiger partial charge in [0.25, 0.3) is 0 Å².